The Labute approximate surface area is 114 Å². The van der Waals surface area contributed by atoms with Gasteiger partial charge in [-0.15, -0.1) is 0 Å². The number of rotatable bonds is 2. The van der Waals surface area contributed by atoms with Crippen molar-refractivity contribution in [1.29, 1.82) is 0 Å². The molecule has 0 heterocycles. The highest BCUT2D eigenvalue weighted by Crippen LogP contribution is 2.38. The van der Waals surface area contributed by atoms with Crippen LogP contribution in [0.3, 0.4) is 0 Å². The second kappa shape index (κ2) is 5.66. The van der Waals surface area contributed by atoms with Crippen LogP contribution in [-0.4, -0.2) is 5.11 Å². The van der Waals surface area contributed by atoms with Crippen molar-refractivity contribution < 1.29 is 13.9 Å². The lowest BCUT2D eigenvalue weighted by molar-refractivity contribution is 0.0723. The lowest BCUT2D eigenvalue weighted by atomic mass is 9.78. The fourth-order valence-electron chi connectivity index (χ4n) is 2.62. The largest absolute Gasteiger partial charge is 0.388 e. The highest BCUT2D eigenvalue weighted by atomic mass is 79.9. The van der Waals surface area contributed by atoms with Gasteiger partial charge in [-0.2, -0.15) is 0 Å². The monoisotopic (exact) mass is 318 g/mol. The molecule has 1 unspecified atom stereocenters. The van der Waals surface area contributed by atoms with Crippen molar-refractivity contribution in [3.05, 3.63) is 33.8 Å². The molecule has 0 bridgehead atoms. The third kappa shape index (κ3) is 2.91. The molecule has 18 heavy (non-hydrogen) atoms. The molecule has 1 aliphatic rings. The average molecular weight is 319 g/mol. The first kappa shape index (κ1) is 13.9. The minimum atomic E-state index is -0.903. The van der Waals surface area contributed by atoms with Crippen LogP contribution in [0.5, 0.6) is 0 Å². The molecule has 0 spiro atoms. The Kier molecular flexibility index (Phi) is 4.38. The molecule has 1 N–H and O–H groups in total. The minimum Gasteiger partial charge on any atom is -0.388 e. The highest BCUT2D eigenvalue weighted by molar-refractivity contribution is 9.10. The van der Waals surface area contributed by atoms with E-state index in [0.717, 1.165) is 37.8 Å². The molecule has 2 rings (SSSR count). The second-order valence-corrected chi connectivity index (χ2v) is 6.11. The number of halogens is 3. The van der Waals surface area contributed by atoms with Gasteiger partial charge in [-0.1, -0.05) is 19.8 Å². The van der Waals surface area contributed by atoms with Gasteiger partial charge in [0.15, 0.2) is 0 Å². The van der Waals surface area contributed by atoms with Gasteiger partial charge in [0.2, 0.25) is 0 Å². The van der Waals surface area contributed by atoms with E-state index >= 15 is 0 Å². The maximum absolute atomic E-state index is 13.8. The first-order valence-corrected chi connectivity index (χ1v) is 7.11. The second-order valence-electron chi connectivity index (χ2n) is 5.25. The fourth-order valence-corrected chi connectivity index (χ4v) is 2.94. The molecule has 1 nitrogen and oxygen atoms in total. The van der Waals surface area contributed by atoms with E-state index in [2.05, 4.69) is 22.9 Å². The Bertz CT molecular complexity index is 428. The number of aliphatic hydroxyl groups is 1. The molecule has 0 aliphatic heterocycles. The van der Waals surface area contributed by atoms with E-state index < -0.39 is 17.7 Å². The van der Waals surface area contributed by atoms with E-state index in [4.69, 9.17) is 0 Å². The molecule has 1 aromatic rings. The van der Waals surface area contributed by atoms with Gasteiger partial charge in [0.25, 0.3) is 0 Å². The van der Waals surface area contributed by atoms with Gasteiger partial charge in [0.1, 0.15) is 11.6 Å². The number of hydrogen-bond acceptors (Lipinski definition) is 1. The lowest BCUT2D eigenvalue weighted by Crippen LogP contribution is -2.20. The molecule has 0 radical (unpaired) electrons. The SMILES string of the molecule is CC1CCC(C(O)c2cc(F)c(Br)cc2F)CC1. The van der Waals surface area contributed by atoms with E-state index in [1.54, 1.807) is 0 Å². The van der Waals surface area contributed by atoms with Crippen molar-refractivity contribution in [3.63, 3.8) is 0 Å². The Balaban J connectivity index is 2.18. The van der Waals surface area contributed by atoms with E-state index in [1.807, 2.05) is 0 Å². The standard InChI is InChI=1S/C14H17BrF2O/c1-8-2-4-9(5-3-8)14(18)10-6-13(17)11(15)7-12(10)16/h6-9,14,18H,2-5H2,1H3. The first-order chi connectivity index (χ1) is 8.49. The van der Waals surface area contributed by atoms with Crippen LogP contribution in [-0.2, 0) is 0 Å². The van der Waals surface area contributed by atoms with Crippen molar-refractivity contribution in [2.75, 3.05) is 0 Å². The van der Waals surface area contributed by atoms with Gasteiger partial charge in [-0.3, -0.25) is 0 Å². The van der Waals surface area contributed by atoms with Crippen LogP contribution < -0.4 is 0 Å². The predicted molar refractivity (Wildman–Crippen MR) is 70.1 cm³/mol. The van der Waals surface area contributed by atoms with Crippen LogP contribution in [0.15, 0.2) is 16.6 Å². The summed E-state index contributed by atoms with van der Waals surface area (Å²) in [6, 6.07) is 2.18. The van der Waals surface area contributed by atoms with E-state index in [-0.39, 0.29) is 16.0 Å². The van der Waals surface area contributed by atoms with E-state index in [9.17, 15) is 13.9 Å². The summed E-state index contributed by atoms with van der Waals surface area (Å²) in [6.45, 7) is 2.18. The summed E-state index contributed by atoms with van der Waals surface area (Å²) >= 11 is 2.94. The van der Waals surface area contributed by atoms with Crippen molar-refractivity contribution >= 4 is 15.9 Å². The normalized spacial score (nSPS) is 26.1. The minimum absolute atomic E-state index is 0.0382. The zero-order valence-electron chi connectivity index (χ0n) is 10.3. The third-order valence-corrected chi connectivity index (χ3v) is 4.47. The van der Waals surface area contributed by atoms with Crippen LogP contribution in [0, 0.1) is 23.5 Å². The summed E-state index contributed by atoms with van der Waals surface area (Å²) in [6.07, 6.45) is 2.93. The molecule has 4 heteroatoms. The molecule has 1 fully saturated rings. The summed E-state index contributed by atoms with van der Waals surface area (Å²) in [5.74, 6) is -0.375. The summed E-state index contributed by atoms with van der Waals surface area (Å²) in [4.78, 5) is 0. The molecule has 1 aromatic carbocycles. The predicted octanol–water partition coefficient (Wildman–Crippen LogP) is 4.59. The first-order valence-electron chi connectivity index (χ1n) is 6.31. The van der Waals surface area contributed by atoms with Crippen molar-refractivity contribution in [2.45, 2.75) is 38.7 Å². The molecule has 1 aliphatic carbocycles. The van der Waals surface area contributed by atoms with Crippen LogP contribution >= 0.6 is 15.9 Å². The van der Waals surface area contributed by atoms with Crippen LogP contribution in [0.4, 0.5) is 8.78 Å². The topological polar surface area (TPSA) is 20.2 Å². The van der Waals surface area contributed by atoms with Gasteiger partial charge in [-0.05, 0) is 52.7 Å². The van der Waals surface area contributed by atoms with Gasteiger partial charge >= 0.3 is 0 Å². The van der Waals surface area contributed by atoms with Gasteiger partial charge in [0, 0.05) is 5.56 Å². The Morgan fingerprint density at radius 3 is 2.39 bits per heavy atom. The van der Waals surface area contributed by atoms with E-state index in [1.165, 1.54) is 0 Å². The molecule has 0 aromatic heterocycles. The summed E-state index contributed by atoms with van der Waals surface area (Å²) in [5, 5.41) is 10.2. The Morgan fingerprint density at radius 1 is 1.17 bits per heavy atom. The third-order valence-electron chi connectivity index (χ3n) is 3.87. The summed E-state index contributed by atoms with van der Waals surface area (Å²) < 4.78 is 27.3. The van der Waals surface area contributed by atoms with Crippen molar-refractivity contribution in [3.8, 4) is 0 Å². The molecule has 1 atom stereocenters. The zero-order chi connectivity index (χ0) is 13.3. The maximum Gasteiger partial charge on any atom is 0.137 e. The molecule has 1 saturated carbocycles. The van der Waals surface area contributed by atoms with Crippen LogP contribution in [0.1, 0.15) is 44.3 Å². The van der Waals surface area contributed by atoms with Gasteiger partial charge in [-0.25, -0.2) is 8.78 Å². The zero-order valence-corrected chi connectivity index (χ0v) is 11.9. The Hall–Kier alpha value is -0.480. The number of benzene rings is 1. The van der Waals surface area contributed by atoms with Crippen LogP contribution in [0.2, 0.25) is 0 Å². The molecular formula is C14H17BrF2O. The smallest absolute Gasteiger partial charge is 0.137 e. The van der Waals surface area contributed by atoms with E-state index in [0.29, 0.717) is 5.92 Å². The van der Waals surface area contributed by atoms with Gasteiger partial charge in [0.05, 0.1) is 10.6 Å². The summed E-state index contributed by atoms with van der Waals surface area (Å²) in [5.41, 5.74) is 0.0789. The molecule has 0 amide bonds. The summed E-state index contributed by atoms with van der Waals surface area (Å²) in [7, 11) is 0. The van der Waals surface area contributed by atoms with Gasteiger partial charge < -0.3 is 5.11 Å². The number of hydrogen-bond donors (Lipinski definition) is 1. The highest BCUT2D eigenvalue weighted by Gasteiger charge is 2.28. The molecule has 0 saturated heterocycles. The van der Waals surface area contributed by atoms with Crippen molar-refractivity contribution in [1.82, 2.24) is 0 Å². The van der Waals surface area contributed by atoms with Crippen LogP contribution in [0.25, 0.3) is 0 Å². The quantitative estimate of drug-likeness (QED) is 0.791. The fraction of sp³-hybridized carbons (Fsp3) is 0.571. The molecule has 100 valence electrons. The maximum atomic E-state index is 13.8. The molecular weight excluding hydrogens is 302 g/mol. The average Bonchev–Trinajstić information content (AvgIpc) is 2.34. The lowest BCUT2D eigenvalue weighted by Gasteiger charge is -2.30. The Morgan fingerprint density at radius 2 is 1.78 bits per heavy atom. The van der Waals surface area contributed by atoms with Crippen molar-refractivity contribution in [2.24, 2.45) is 11.8 Å². The number of aliphatic hydroxyl groups excluding tert-OH is 1.